The van der Waals surface area contributed by atoms with Crippen LogP contribution in [0.25, 0.3) is 0 Å². The number of hydrogen-bond donors (Lipinski definition) is 2. The molecule has 6 nitrogen and oxygen atoms in total. The maximum atomic E-state index is 12.7. The molecule has 0 aromatic heterocycles. The van der Waals surface area contributed by atoms with Crippen molar-refractivity contribution in [3.05, 3.63) is 23.8 Å². The number of hydrogen-bond acceptors (Lipinski definition) is 4. The van der Waals surface area contributed by atoms with Gasteiger partial charge in [-0.05, 0) is 44.5 Å². The second-order valence-corrected chi connectivity index (χ2v) is 7.76. The molecule has 0 aliphatic carbocycles. The number of nitrogens with two attached hydrogens (primary N) is 1. The van der Waals surface area contributed by atoms with Crippen molar-refractivity contribution in [1.82, 2.24) is 4.72 Å². The van der Waals surface area contributed by atoms with Gasteiger partial charge in [0, 0.05) is 12.2 Å². The smallest absolute Gasteiger partial charge is 0.246 e. The molecule has 1 unspecified atom stereocenters. The van der Waals surface area contributed by atoms with Crippen LogP contribution in [0, 0.1) is 0 Å². The second kappa shape index (κ2) is 5.98. The Bertz CT molecular complexity index is 683. The normalized spacial score (nSPS) is 17.2. The quantitative estimate of drug-likeness (QED) is 0.845. The topological polar surface area (TPSA) is 92.5 Å². The molecule has 7 heteroatoms. The Morgan fingerprint density at radius 3 is 2.73 bits per heavy atom. The molecule has 1 aromatic rings. The largest absolute Gasteiger partial charge is 0.318 e. The first-order chi connectivity index (χ1) is 10.2. The van der Waals surface area contributed by atoms with Gasteiger partial charge in [-0.15, -0.1) is 0 Å². The SMILES string of the molecule is CCCC(C)(N)C(=O)N1CCc2ccc(S(=O)(=O)NC)cc21. The van der Waals surface area contributed by atoms with Gasteiger partial charge in [-0.2, -0.15) is 0 Å². The molecule has 1 aliphatic rings. The standard InChI is InChI=1S/C15H23N3O3S/c1-4-8-15(2,16)14(19)18-9-7-11-5-6-12(10-13(11)18)22(20,21)17-3/h5-6,10,17H,4,7-9,16H2,1-3H3. The molecule has 3 N–H and O–H groups in total. The number of nitrogens with zero attached hydrogens (tertiary/aromatic N) is 1. The number of carbonyl (C=O) groups is 1. The highest BCUT2D eigenvalue weighted by atomic mass is 32.2. The van der Waals surface area contributed by atoms with Crippen molar-refractivity contribution in [1.29, 1.82) is 0 Å². The zero-order valence-corrected chi connectivity index (χ0v) is 14.0. The molecule has 1 atom stereocenters. The number of rotatable bonds is 5. The minimum Gasteiger partial charge on any atom is -0.318 e. The van der Waals surface area contributed by atoms with Gasteiger partial charge in [-0.1, -0.05) is 19.4 Å². The van der Waals surface area contributed by atoms with E-state index in [2.05, 4.69) is 4.72 Å². The fraction of sp³-hybridized carbons (Fsp3) is 0.533. The van der Waals surface area contributed by atoms with E-state index in [1.54, 1.807) is 30.0 Å². The third-order valence-electron chi connectivity index (χ3n) is 4.03. The zero-order chi connectivity index (χ0) is 16.5. The molecule has 0 fully saturated rings. The summed E-state index contributed by atoms with van der Waals surface area (Å²) >= 11 is 0. The summed E-state index contributed by atoms with van der Waals surface area (Å²) in [4.78, 5) is 14.5. The fourth-order valence-corrected chi connectivity index (χ4v) is 3.54. The molecule has 0 saturated heterocycles. The number of amides is 1. The van der Waals surface area contributed by atoms with E-state index in [1.165, 1.54) is 7.05 Å². The first kappa shape index (κ1) is 16.9. The Labute approximate surface area is 131 Å². The third kappa shape index (κ3) is 3.02. The van der Waals surface area contributed by atoms with E-state index in [0.29, 0.717) is 25.1 Å². The monoisotopic (exact) mass is 325 g/mol. The van der Waals surface area contributed by atoms with Crippen LogP contribution < -0.4 is 15.4 Å². The lowest BCUT2D eigenvalue weighted by Gasteiger charge is -2.29. The Morgan fingerprint density at radius 1 is 1.45 bits per heavy atom. The molecule has 0 bridgehead atoms. The molecule has 1 amide bonds. The summed E-state index contributed by atoms with van der Waals surface area (Å²) in [7, 11) is -2.17. The van der Waals surface area contributed by atoms with Crippen LogP contribution >= 0.6 is 0 Å². The van der Waals surface area contributed by atoms with Gasteiger partial charge in [0.25, 0.3) is 0 Å². The predicted molar refractivity (Wildman–Crippen MR) is 86.2 cm³/mol. The summed E-state index contributed by atoms with van der Waals surface area (Å²) in [6, 6.07) is 4.88. The predicted octanol–water partition coefficient (Wildman–Crippen LogP) is 1.00. The Balaban J connectivity index is 2.40. The fourth-order valence-electron chi connectivity index (χ4n) is 2.79. The number of nitrogens with one attached hydrogen (secondary N) is 1. The van der Waals surface area contributed by atoms with Crippen LogP contribution in [-0.4, -0.2) is 33.5 Å². The first-order valence-electron chi connectivity index (χ1n) is 7.40. The number of sulfonamides is 1. The lowest BCUT2D eigenvalue weighted by molar-refractivity contribution is -0.123. The summed E-state index contributed by atoms with van der Waals surface area (Å²) in [5, 5.41) is 0. The molecular formula is C15H23N3O3S. The van der Waals surface area contributed by atoms with Gasteiger partial charge in [0.1, 0.15) is 0 Å². The summed E-state index contributed by atoms with van der Waals surface area (Å²) < 4.78 is 26.2. The van der Waals surface area contributed by atoms with Gasteiger partial charge in [0.05, 0.1) is 10.4 Å². The lowest BCUT2D eigenvalue weighted by atomic mass is 9.95. The maximum absolute atomic E-state index is 12.7. The van der Waals surface area contributed by atoms with Crippen molar-refractivity contribution >= 4 is 21.6 Å². The van der Waals surface area contributed by atoms with Crippen LogP contribution in [0.3, 0.4) is 0 Å². The van der Waals surface area contributed by atoms with E-state index in [0.717, 1.165) is 12.0 Å². The second-order valence-electron chi connectivity index (χ2n) is 5.87. The van der Waals surface area contributed by atoms with Crippen LogP contribution in [0.2, 0.25) is 0 Å². The molecule has 22 heavy (non-hydrogen) atoms. The highest BCUT2D eigenvalue weighted by Crippen LogP contribution is 2.32. The minimum atomic E-state index is -3.53. The van der Waals surface area contributed by atoms with Gasteiger partial charge in [-0.25, -0.2) is 13.1 Å². The Morgan fingerprint density at radius 2 is 2.14 bits per heavy atom. The number of anilines is 1. The molecule has 1 heterocycles. The molecular weight excluding hydrogens is 302 g/mol. The highest BCUT2D eigenvalue weighted by molar-refractivity contribution is 7.89. The summed E-state index contributed by atoms with van der Waals surface area (Å²) in [5.41, 5.74) is 6.82. The van der Waals surface area contributed by atoms with Crippen molar-refractivity contribution in [2.24, 2.45) is 5.73 Å². The molecule has 122 valence electrons. The van der Waals surface area contributed by atoms with E-state index in [4.69, 9.17) is 5.73 Å². The average Bonchev–Trinajstić information content (AvgIpc) is 2.89. The van der Waals surface area contributed by atoms with Crippen molar-refractivity contribution in [3.63, 3.8) is 0 Å². The number of fused-ring (bicyclic) bond motifs is 1. The van der Waals surface area contributed by atoms with Crippen molar-refractivity contribution in [2.75, 3.05) is 18.5 Å². The van der Waals surface area contributed by atoms with Gasteiger partial charge in [0.15, 0.2) is 0 Å². The number of carbonyl (C=O) groups excluding carboxylic acids is 1. The molecule has 0 spiro atoms. The van der Waals surface area contributed by atoms with E-state index in [1.807, 2.05) is 6.92 Å². The zero-order valence-electron chi connectivity index (χ0n) is 13.2. The molecule has 0 saturated carbocycles. The summed E-state index contributed by atoms with van der Waals surface area (Å²) in [5.74, 6) is -0.160. The van der Waals surface area contributed by atoms with Crippen LogP contribution in [0.1, 0.15) is 32.3 Å². The molecule has 1 aromatic carbocycles. The first-order valence-corrected chi connectivity index (χ1v) is 8.88. The number of benzene rings is 1. The van der Waals surface area contributed by atoms with E-state index in [9.17, 15) is 13.2 Å². The molecule has 1 aliphatic heterocycles. The van der Waals surface area contributed by atoms with Crippen molar-refractivity contribution < 1.29 is 13.2 Å². The van der Waals surface area contributed by atoms with Crippen molar-refractivity contribution in [3.8, 4) is 0 Å². The third-order valence-corrected chi connectivity index (χ3v) is 5.45. The van der Waals surface area contributed by atoms with Gasteiger partial charge in [0.2, 0.25) is 15.9 Å². The van der Waals surface area contributed by atoms with Crippen LogP contribution in [0.15, 0.2) is 23.1 Å². The summed E-state index contributed by atoms with van der Waals surface area (Å²) in [6.45, 7) is 4.24. The van der Waals surface area contributed by atoms with Gasteiger partial charge in [-0.3, -0.25) is 4.79 Å². The van der Waals surface area contributed by atoms with Gasteiger partial charge < -0.3 is 10.6 Å². The lowest BCUT2D eigenvalue weighted by Crippen LogP contribution is -2.53. The molecule has 0 radical (unpaired) electrons. The average molecular weight is 325 g/mol. The van der Waals surface area contributed by atoms with Crippen LogP contribution in [0.5, 0.6) is 0 Å². The summed E-state index contributed by atoms with van der Waals surface area (Å²) in [6.07, 6.45) is 2.11. The highest BCUT2D eigenvalue weighted by Gasteiger charge is 2.36. The van der Waals surface area contributed by atoms with Gasteiger partial charge >= 0.3 is 0 Å². The van der Waals surface area contributed by atoms with Crippen molar-refractivity contribution in [2.45, 2.75) is 43.5 Å². The van der Waals surface area contributed by atoms with E-state index < -0.39 is 15.6 Å². The Hall–Kier alpha value is -1.44. The molecule has 2 rings (SSSR count). The van der Waals surface area contributed by atoms with E-state index >= 15 is 0 Å². The maximum Gasteiger partial charge on any atom is 0.246 e. The van der Waals surface area contributed by atoms with E-state index in [-0.39, 0.29) is 10.8 Å². The van der Waals surface area contributed by atoms with Crippen LogP contribution in [-0.2, 0) is 21.2 Å². The van der Waals surface area contributed by atoms with Crippen LogP contribution in [0.4, 0.5) is 5.69 Å². The minimum absolute atomic E-state index is 0.155. The Kier molecular flexibility index (Phi) is 4.60.